The lowest BCUT2D eigenvalue weighted by molar-refractivity contribution is -0.00596. The number of carboxylic acid groups (broad SMARTS) is 1. The maximum atomic E-state index is 12.2. The summed E-state index contributed by atoms with van der Waals surface area (Å²) in [5.41, 5.74) is 0.339. The van der Waals surface area contributed by atoms with Crippen LogP contribution in [0.4, 0.5) is 0 Å². The highest BCUT2D eigenvalue weighted by Crippen LogP contribution is 2.60. The van der Waals surface area contributed by atoms with Crippen molar-refractivity contribution in [1.29, 1.82) is 0 Å². The highest BCUT2D eigenvalue weighted by molar-refractivity contribution is 5.85. The Balaban J connectivity index is 1.82. The highest BCUT2D eigenvalue weighted by Gasteiger charge is 2.52. The van der Waals surface area contributed by atoms with Crippen LogP contribution in [0.15, 0.2) is 10.9 Å². The lowest BCUT2D eigenvalue weighted by Gasteiger charge is -2.56. The zero-order valence-corrected chi connectivity index (χ0v) is 11.3. The Morgan fingerprint density at radius 1 is 1.20 bits per heavy atom. The average Bonchev–Trinajstić information content (AvgIpc) is 2.37. The van der Waals surface area contributed by atoms with E-state index in [0.717, 1.165) is 37.0 Å². The molecule has 4 bridgehead atoms. The van der Waals surface area contributed by atoms with Gasteiger partial charge in [0.1, 0.15) is 0 Å². The third-order valence-corrected chi connectivity index (χ3v) is 5.63. The minimum absolute atomic E-state index is 0.0460. The summed E-state index contributed by atoms with van der Waals surface area (Å²) in [6.45, 7) is 0. The zero-order valence-electron chi connectivity index (χ0n) is 11.3. The molecule has 2 N–H and O–H groups in total. The van der Waals surface area contributed by atoms with E-state index in [1.165, 1.54) is 25.3 Å². The molecule has 1 aromatic rings. The number of hydrogen-bond donors (Lipinski definition) is 2. The molecule has 5 heteroatoms. The molecule has 1 aromatic heterocycles. The fourth-order valence-electron chi connectivity index (χ4n) is 5.35. The summed E-state index contributed by atoms with van der Waals surface area (Å²) in [4.78, 5) is 23.3. The van der Waals surface area contributed by atoms with Crippen LogP contribution in [-0.2, 0) is 5.41 Å². The van der Waals surface area contributed by atoms with E-state index >= 15 is 0 Å². The number of aromatic carboxylic acids is 1. The second-order valence-electron chi connectivity index (χ2n) is 7.00. The molecular weight excluding hydrogens is 256 g/mol. The van der Waals surface area contributed by atoms with Crippen molar-refractivity contribution in [2.24, 2.45) is 17.8 Å². The van der Waals surface area contributed by atoms with E-state index in [-0.39, 0.29) is 16.7 Å². The van der Waals surface area contributed by atoms with Crippen LogP contribution >= 0.6 is 0 Å². The number of carboxylic acids is 1. The molecule has 0 radical (unpaired) electrons. The Hall–Kier alpha value is -1.65. The highest BCUT2D eigenvalue weighted by atomic mass is 16.4. The third kappa shape index (κ3) is 1.65. The largest absolute Gasteiger partial charge is 0.476 e. The maximum Gasteiger partial charge on any atom is 0.356 e. The molecule has 4 fully saturated rings. The zero-order chi connectivity index (χ0) is 13.9. The summed E-state index contributed by atoms with van der Waals surface area (Å²) in [5, 5.41) is 15.1. The molecule has 5 rings (SSSR count). The Morgan fingerprint density at radius 3 is 2.25 bits per heavy atom. The van der Waals surface area contributed by atoms with Crippen LogP contribution in [0.3, 0.4) is 0 Å². The standard InChI is InChI=1S/C15H18N2O3/c18-13-11(4-12(14(19)20)16-17-13)15-5-8-1-9(6-15)3-10(2-8)7-15/h4,8-10H,1-3,5-7H2,(H,17,18)(H,19,20). The molecule has 1 heterocycles. The van der Waals surface area contributed by atoms with E-state index in [1.807, 2.05) is 0 Å². The monoisotopic (exact) mass is 274 g/mol. The van der Waals surface area contributed by atoms with Crippen LogP contribution in [-0.4, -0.2) is 21.3 Å². The molecular formula is C15H18N2O3. The van der Waals surface area contributed by atoms with Crippen LogP contribution in [0, 0.1) is 17.8 Å². The molecule has 0 spiro atoms. The van der Waals surface area contributed by atoms with Gasteiger partial charge in [0.15, 0.2) is 5.69 Å². The predicted molar refractivity (Wildman–Crippen MR) is 71.7 cm³/mol. The number of nitrogens with one attached hydrogen (secondary N) is 1. The fraction of sp³-hybridized carbons (Fsp3) is 0.667. The van der Waals surface area contributed by atoms with Gasteiger partial charge in [0.2, 0.25) is 0 Å². The molecule has 0 saturated heterocycles. The number of rotatable bonds is 2. The van der Waals surface area contributed by atoms with E-state index in [0.29, 0.717) is 5.56 Å². The first-order valence-electron chi connectivity index (χ1n) is 7.39. The van der Waals surface area contributed by atoms with E-state index in [1.54, 1.807) is 0 Å². The van der Waals surface area contributed by atoms with E-state index < -0.39 is 5.97 Å². The number of aromatic amines is 1. The van der Waals surface area contributed by atoms with Gasteiger partial charge in [-0.25, -0.2) is 9.89 Å². The molecule has 0 atom stereocenters. The minimum Gasteiger partial charge on any atom is -0.476 e. The Bertz CT molecular complexity index is 599. The van der Waals surface area contributed by atoms with Crippen molar-refractivity contribution >= 4 is 5.97 Å². The van der Waals surface area contributed by atoms with Gasteiger partial charge in [-0.2, -0.15) is 5.10 Å². The van der Waals surface area contributed by atoms with Gasteiger partial charge in [0, 0.05) is 11.0 Å². The summed E-state index contributed by atoms with van der Waals surface area (Å²) in [5.74, 6) is 1.10. The van der Waals surface area contributed by atoms with Gasteiger partial charge in [-0.1, -0.05) is 0 Å². The molecule has 0 aliphatic heterocycles. The SMILES string of the molecule is O=C(O)c1cc(C23CC4CC(CC(C4)C2)C3)c(=O)[nH]n1. The van der Waals surface area contributed by atoms with Crippen molar-refractivity contribution in [2.75, 3.05) is 0 Å². The molecule has 5 nitrogen and oxygen atoms in total. The van der Waals surface area contributed by atoms with Crippen molar-refractivity contribution in [3.05, 3.63) is 27.7 Å². The van der Waals surface area contributed by atoms with Gasteiger partial charge < -0.3 is 5.11 Å². The lowest BCUT2D eigenvalue weighted by Crippen LogP contribution is -2.50. The quantitative estimate of drug-likeness (QED) is 0.863. The van der Waals surface area contributed by atoms with Crippen LogP contribution in [0.2, 0.25) is 0 Å². The first-order chi connectivity index (χ1) is 9.56. The third-order valence-electron chi connectivity index (χ3n) is 5.63. The second kappa shape index (κ2) is 3.93. The molecule has 0 aromatic carbocycles. The van der Waals surface area contributed by atoms with Gasteiger partial charge in [0.25, 0.3) is 5.56 Å². The van der Waals surface area contributed by atoms with Crippen LogP contribution in [0.25, 0.3) is 0 Å². The molecule has 0 unspecified atom stereocenters. The van der Waals surface area contributed by atoms with Crippen molar-refractivity contribution in [3.8, 4) is 0 Å². The summed E-state index contributed by atoms with van der Waals surface area (Å²) >= 11 is 0. The first kappa shape index (κ1) is 12.1. The maximum absolute atomic E-state index is 12.2. The number of hydrogen-bond acceptors (Lipinski definition) is 3. The molecule has 4 aliphatic carbocycles. The topological polar surface area (TPSA) is 83.0 Å². The van der Waals surface area contributed by atoms with Gasteiger partial charge in [-0.15, -0.1) is 0 Å². The van der Waals surface area contributed by atoms with Gasteiger partial charge >= 0.3 is 5.97 Å². The Morgan fingerprint density at radius 2 is 1.75 bits per heavy atom. The number of carbonyl (C=O) groups is 1. The second-order valence-corrected chi connectivity index (χ2v) is 7.00. The van der Waals surface area contributed by atoms with Gasteiger partial charge in [-0.05, 0) is 62.3 Å². The fourth-order valence-corrected chi connectivity index (χ4v) is 5.35. The Labute approximate surface area is 116 Å². The van der Waals surface area contributed by atoms with Gasteiger partial charge in [0.05, 0.1) is 0 Å². The number of nitrogens with zero attached hydrogens (tertiary/aromatic N) is 1. The summed E-state index contributed by atoms with van der Waals surface area (Å²) in [7, 11) is 0. The summed E-state index contributed by atoms with van der Waals surface area (Å²) < 4.78 is 0. The van der Waals surface area contributed by atoms with E-state index in [9.17, 15) is 9.59 Å². The lowest BCUT2D eigenvalue weighted by atomic mass is 9.48. The Kier molecular flexibility index (Phi) is 2.38. The van der Waals surface area contributed by atoms with E-state index in [4.69, 9.17) is 5.11 Å². The smallest absolute Gasteiger partial charge is 0.356 e. The van der Waals surface area contributed by atoms with Gasteiger partial charge in [-0.3, -0.25) is 4.79 Å². The summed E-state index contributed by atoms with van der Waals surface area (Å²) in [6, 6.07) is 1.52. The van der Waals surface area contributed by atoms with E-state index in [2.05, 4.69) is 10.2 Å². The normalized spacial score (nSPS) is 38.1. The minimum atomic E-state index is -1.08. The molecule has 20 heavy (non-hydrogen) atoms. The first-order valence-corrected chi connectivity index (χ1v) is 7.39. The molecule has 106 valence electrons. The van der Waals surface area contributed by atoms with Crippen molar-refractivity contribution in [2.45, 2.75) is 43.9 Å². The van der Waals surface area contributed by atoms with Crippen molar-refractivity contribution in [1.82, 2.24) is 10.2 Å². The summed E-state index contributed by atoms with van der Waals surface area (Å²) in [6.07, 6.45) is 7.04. The van der Waals surface area contributed by atoms with Crippen LogP contribution in [0.1, 0.15) is 54.6 Å². The molecule has 4 saturated carbocycles. The van der Waals surface area contributed by atoms with Crippen molar-refractivity contribution in [3.63, 3.8) is 0 Å². The average molecular weight is 274 g/mol. The number of aromatic nitrogens is 2. The predicted octanol–water partition coefficient (Wildman–Crippen LogP) is 1.94. The number of H-pyrrole nitrogens is 1. The van der Waals surface area contributed by atoms with Crippen LogP contribution < -0.4 is 5.56 Å². The van der Waals surface area contributed by atoms with Crippen LogP contribution in [0.5, 0.6) is 0 Å². The van der Waals surface area contributed by atoms with Crippen molar-refractivity contribution < 1.29 is 9.90 Å². The molecule has 4 aliphatic rings. The molecule has 0 amide bonds.